The summed E-state index contributed by atoms with van der Waals surface area (Å²) in [6.45, 7) is 2.91. The second kappa shape index (κ2) is 6.91. The molecule has 1 atom stereocenters. The van der Waals surface area contributed by atoms with Crippen LogP contribution in [0.1, 0.15) is 12.5 Å². The average Bonchev–Trinajstić information content (AvgIpc) is 2.36. The lowest BCUT2D eigenvalue weighted by Gasteiger charge is -2.11. The molecule has 0 aromatic heterocycles. The van der Waals surface area contributed by atoms with Crippen molar-refractivity contribution in [1.29, 1.82) is 0 Å². The van der Waals surface area contributed by atoms with Gasteiger partial charge in [0.2, 0.25) is 0 Å². The summed E-state index contributed by atoms with van der Waals surface area (Å²) in [5.74, 6) is 0.262. The van der Waals surface area contributed by atoms with Crippen molar-refractivity contribution in [3.05, 3.63) is 29.8 Å². The molecule has 1 aromatic rings. The standard InChI is InChI=1S/C13H19NO3/c1-10(13(15)16-3)9-17-12-6-4-5-11(7-12)8-14-2/h4-7,10,14H,8-9H2,1-3H3. The molecule has 0 amide bonds. The van der Waals surface area contributed by atoms with Crippen LogP contribution in [0.15, 0.2) is 24.3 Å². The maximum atomic E-state index is 11.2. The van der Waals surface area contributed by atoms with E-state index in [2.05, 4.69) is 10.1 Å². The minimum Gasteiger partial charge on any atom is -0.493 e. The van der Waals surface area contributed by atoms with Crippen LogP contribution < -0.4 is 10.1 Å². The average molecular weight is 237 g/mol. The van der Waals surface area contributed by atoms with Gasteiger partial charge in [-0.05, 0) is 31.7 Å². The van der Waals surface area contributed by atoms with E-state index in [0.717, 1.165) is 17.9 Å². The highest BCUT2D eigenvalue weighted by Gasteiger charge is 2.13. The molecule has 1 unspecified atom stereocenters. The molecule has 0 aliphatic rings. The van der Waals surface area contributed by atoms with E-state index >= 15 is 0 Å². The quantitative estimate of drug-likeness (QED) is 0.763. The third-order valence-electron chi connectivity index (χ3n) is 2.38. The van der Waals surface area contributed by atoms with Crippen molar-refractivity contribution < 1.29 is 14.3 Å². The molecule has 1 N–H and O–H groups in total. The first-order valence-electron chi connectivity index (χ1n) is 5.61. The van der Waals surface area contributed by atoms with Gasteiger partial charge in [-0.15, -0.1) is 0 Å². The Morgan fingerprint density at radius 2 is 2.24 bits per heavy atom. The lowest BCUT2D eigenvalue weighted by Crippen LogP contribution is -2.20. The number of hydrogen-bond acceptors (Lipinski definition) is 4. The largest absolute Gasteiger partial charge is 0.493 e. The van der Waals surface area contributed by atoms with Crippen molar-refractivity contribution >= 4 is 5.97 Å². The summed E-state index contributed by atoms with van der Waals surface area (Å²) in [6.07, 6.45) is 0. The predicted molar refractivity (Wildman–Crippen MR) is 65.9 cm³/mol. The van der Waals surface area contributed by atoms with Crippen LogP contribution in [0.25, 0.3) is 0 Å². The van der Waals surface area contributed by atoms with Gasteiger partial charge < -0.3 is 14.8 Å². The molecular weight excluding hydrogens is 218 g/mol. The van der Waals surface area contributed by atoms with Gasteiger partial charge in [0.05, 0.1) is 13.0 Å². The van der Waals surface area contributed by atoms with Crippen LogP contribution >= 0.6 is 0 Å². The summed E-state index contributed by atoms with van der Waals surface area (Å²) >= 11 is 0. The molecule has 94 valence electrons. The van der Waals surface area contributed by atoms with E-state index in [1.54, 1.807) is 6.92 Å². The van der Waals surface area contributed by atoms with Crippen LogP contribution in [0.5, 0.6) is 5.75 Å². The Morgan fingerprint density at radius 3 is 2.88 bits per heavy atom. The molecule has 1 aromatic carbocycles. The van der Waals surface area contributed by atoms with Crippen molar-refractivity contribution in [2.75, 3.05) is 20.8 Å². The summed E-state index contributed by atoms with van der Waals surface area (Å²) in [5, 5.41) is 3.07. The molecule has 0 aliphatic carbocycles. The molecule has 0 aliphatic heterocycles. The Labute approximate surface area is 102 Å². The second-order valence-electron chi connectivity index (χ2n) is 3.91. The lowest BCUT2D eigenvalue weighted by atomic mass is 10.2. The minimum atomic E-state index is -0.257. The van der Waals surface area contributed by atoms with E-state index in [9.17, 15) is 4.79 Å². The normalized spacial score (nSPS) is 11.9. The van der Waals surface area contributed by atoms with E-state index in [1.807, 2.05) is 31.3 Å². The fourth-order valence-electron chi connectivity index (χ4n) is 1.44. The number of nitrogens with one attached hydrogen (secondary N) is 1. The Kier molecular flexibility index (Phi) is 5.49. The summed E-state index contributed by atoms with van der Waals surface area (Å²) in [6, 6.07) is 7.79. The molecule has 4 heteroatoms. The van der Waals surface area contributed by atoms with Crippen LogP contribution in [0.4, 0.5) is 0 Å². The van der Waals surface area contributed by atoms with Crippen LogP contribution in [-0.4, -0.2) is 26.7 Å². The zero-order valence-corrected chi connectivity index (χ0v) is 10.5. The summed E-state index contributed by atoms with van der Waals surface area (Å²) in [7, 11) is 3.28. The highest BCUT2D eigenvalue weighted by Crippen LogP contribution is 2.14. The van der Waals surface area contributed by atoms with Gasteiger partial charge in [-0.1, -0.05) is 12.1 Å². The number of hydrogen-bond donors (Lipinski definition) is 1. The molecule has 0 fully saturated rings. The highest BCUT2D eigenvalue weighted by molar-refractivity contribution is 5.71. The molecule has 0 bridgehead atoms. The molecule has 0 saturated carbocycles. The third-order valence-corrected chi connectivity index (χ3v) is 2.38. The van der Waals surface area contributed by atoms with Crippen LogP contribution in [0.3, 0.4) is 0 Å². The van der Waals surface area contributed by atoms with E-state index in [4.69, 9.17) is 4.74 Å². The molecule has 0 saturated heterocycles. The van der Waals surface area contributed by atoms with Gasteiger partial charge in [-0.3, -0.25) is 4.79 Å². The molecule has 17 heavy (non-hydrogen) atoms. The zero-order chi connectivity index (χ0) is 12.7. The number of carbonyl (C=O) groups excluding carboxylic acids is 1. The fourth-order valence-corrected chi connectivity index (χ4v) is 1.44. The fraction of sp³-hybridized carbons (Fsp3) is 0.462. The number of ether oxygens (including phenoxy) is 2. The van der Waals surface area contributed by atoms with Crippen molar-refractivity contribution in [1.82, 2.24) is 5.32 Å². The Hall–Kier alpha value is -1.55. The van der Waals surface area contributed by atoms with Gasteiger partial charge in [0.1, 0.15) is 12.4 Å². The Balaban J connectivity index is 2.51. The van der Waals surface area contributed by atoms with Crippen molar-refractivity contribution in [2.24, 2.45) is 5.92 Å². The highest BCUT2D eigenvalue weighted by atomic mass is 16.5. The molecule has 0 radical (unpaired) electrons. The van der Waals surface area contributed by atoms with Crippen LogP contribution in [0, 0.1) is 5.92 Å². The smallest absolute Gasteiger partial charge is 0.311 e. The number of benzene rings is 1. The predicted octanol–water partition coefficient (Wildman–Crippen LogP) is 1.59. The van der Waals surface area contributed by atoms with Crippen molar-refractivity contribution in [2.45, 2.75) is 13.5 Å². The van der Waals surface area contributed by atoms with Crippen LogP contribution in [0.2, 0.25) is 0 Å². The maximum absolute atomic E-state index is 11.2. The van der Waals surface area contributed by atoms with Crippen molar-refractivity contribution in [3.8, 4) is 5.75 Å². The number of esters is 1. The summed E-state index contributed by atoms with van der Waals surface area (Å²) < 4.78 is 10.2. The van der Waals surface area contributed by atoms with E-state index < -0.39 is 0 Å². The first-order valence-corrected chi connectivity index (χ1v) is 5.61. The van der Waals surface area contributed by atoms with E-state index in [0.29, 0.717) is 6.61 Å². The van der Waals surface area contributed by atoms with Crippen molar-refractivity contribution in [3.63, 3.8) is 0 Å². The molecule has 0 spiro atoms. The van der Waals surface area contributed by atoms with Gasteiger partial charge in [-0.25, -0.2) is 0 Å². The summed E-state index contributed by atoms with van der Waals surface area (Å²) in [4.78, 5) is 11.2. The Morgan fingerprint density at radius 1 is 1.47 bits per heavy atom. The first-order chi connectivity index (χ1) is 8.17. The number of carbonyl (C=O) groups is 1. The van der Waals surface area contributed by atoms with Gasteiger partial charge >= 0.3 is 5.97 Å². The Bertz CT molecular complexity index is 365. The second-order valence-corrected chi connectivity index (χ2v) is 3.91. The van der Waals surface area contributed by atoms with Gasteiger partial charge in [0.25, 0.3) is 0 Å². The molecule has 4 nitrogen and oxygen atoms in total. The zero-order valence-electron chi connectivity index (χ0n) is 10.5. The monoisotopic (exact) mass is 237 g/mol. The van der Waals surface area contributed by atoms with E-state index in [1.165, 1.54) is 7.11 Å². The van der Waals surface area contributed by atoms with Crippen LogP contribution in [-0.2, 0) is 16.1 Å². The van der Waals surface area contributed by atoms with Gasteiger partial charge in [0.15, 0.2) is 0 Å². The minimum absolute atomic E-state index is 0.253. The number of rotatable bonds is 6. The molecule has 0 heterocycles. The first kappa shape index (κ1) is 13.5. The SMILES string of the molecule is CNCc1cccc(OCC(C)C(=O)OC)c1. The number of methoxy groups -OCH3 is 1. The van der Waals surface area contributed by atoms with Gasteiger partial charge in [0, 0.05) is 6.54 Å². The topological polar surface area (TPSA) is 47.6 Å². The third kappa shape index (κ3) is 4.44. The summed E-state index contributed by atoms with van der Waals surface area (Å²) in [5.41, 5.74) is 1.15. The van der Waals surface area contributed by atoms with E-state index in [-0.39, 0.29) is 11.9 Å². The maximum Gasteiger partial charge on any atom is 0.311 e. The lowest BCUT2D eigenvalue weighted by molar-refractivity contribution is -0.145. The van der Waals surface area contributed by atoms with Gasteiger partial charge in [-0.2, -0.15) is 0 Å². The molecule has 1 rings (SSSR count). The molecular formula is C13H19NO3.